The fourth-order valence-electron chi connectivity index (χ4n) is 5.59. The van der Waals surface area contributed by atoms with E-state index in [0.29, 0.717) is 22.2 Å². The molecule has 0 aliphatic carbocycles. The Labute approximate surface area is 264 Å². The number of hydrogen-bond acceptors (Lipinski definition) is 8. The Bertz CT molecular complexity index is 1850. The first-order valence-electron chi connectivity index (χ1n) is 13.9. The molecule has 6 rings (SSSR count). The lowest BCUT2D eigenvalue weighted by Gasteiger charge is -2.38. The quantitative estimate of drug-likeness (QED) is 0.243. The van der Waals surface area contributed by atoms with Gasteiger partial charge in [-0.2, -0.15) is 4.31 Å². The van der Waals surface area contributed by atoms with E-state index in [1.54, 1.807) is 45.3 Å². The minimum Gasteiger partial charge on any atom is -0.462 e. The molecule has 2 aromatic heterocycles. The summed E-state index contributed by atoms with van der Waals surface area (Å²) in [7, 11) is -4.28. The molecule has 0 spiro atoms. The summed E-state index contributed by atoms with van der Waals surface area (Å²) >= 11 is 12.6. The van der Waals surface area contributed by atoms with Crippen molar-refractivity contribution >= 4 is 56.7 Å². The van der Waals surface area contributed by atoms with Crippen LogP contribution in [0, 0.1) is 0 Å². The molecule has 0 N–H and O–H groups in total. The lowest BCUT2D eigenvalue weighted by Crippen LogP contribution is -2.56. The highest BCUT2D eigenvalue weighted by molar-refractivity contribution is 7.89. The van der Waals surface area contributed by atoms with Crippen LogP contribution in [0.1, 0.15) is 32.8 Å². The Morgan fingerprint density at radius 1 is 1.05 bits per heavy atom. The van der Waals surface area contributed by atoms with Gasteiger partial charge in [-0.3, -0.25) is 14.2 Å². The van der Waals surface area contributed by atoms with Crippen LogP contribution < -0.4 is 4.90 Å². The van der Waals surface area contributed by atoms with Crippen LogP contribution in [-0.4, -0.2) is 62.8 Å². The third-order valence-corrected chi connectivity index (χ3v) is 10.0. The Morgan fingerprint density at radius 2 is 1.70 bits per heavy atom. The molecule has 1 fully saturated rings. The van der Waals surface area contributed by atoms with Crippen LogP contribution in [0.3, 0.4) is 0 Å². The average Bonchev–Trinajstić information content (AvgIpc) is 3.46. The molecular weight excluding hydrogens is 627 g/mol. The lowest BCUT2D eigenvalue weighted by atomic mass is 9.91. The first-order valence-corrected chi connectivity index (χ1v) is 16.1. The molecular formula is C30H28Cl2N6O5S. The molecule has 14 heteroatoms. The first kappa shape index (κ1) is 30.2. The molecule has 1 amide bonds. The number of esters is 1. The molecule has 0 unspecified atom stereocenters. The molecule has 0 radical (unpaired) electrons. The van der Waals surface area contributed by atoms with Crippen LogP contribution in [0.5, 0.6) is 0 Å². The average molecular weight is 656 g/mol. The zero-order valence-electron chi connectivity index (χ0n) is 24.0. The number of aromatic nitrogens is 4. The summed E-state index contributed by atoms with van der Waals surface area (Å²) in [6.07, 6.45) is 6.13. The molecule has 228 valence electrons. The summed E-state index contributed by atoms with van der Waals surface area (Å²) in [6.45, 7) is 5.20. The van der Waals surface area contributed by atoms with Crippen molar-refractivity contribution in [2.24, 2.45) is 0 Å². The summed E-state index contributed by atoms with van der Waals surface area (Å²) in [5.41, 5.74) is 1.40. The standard InChI is InChI=1S/C30H28Cl2N6O5S/c1-18(2)43-27(39)25-8-9-36(25)44(41,42)26-16-35-29-37(24-11-22(31)10-23(32)12-24)28(40)30(3,38(26)29)13-19-4-6-20(7-5-19)21-14-33-17-34-15-21/h4-7,10-12,14-18,25H,8-9,13H2,1-3H3/t25-,30+/m0/s1. The van der Waals surface area contributed by atoms with E-state index in [-0.39, 0.29) is 23.9 Å². The maximum atomic E-state index is 14.4. The second kappa shape index (κ2) is 11.3. The number of nitrogens with zero attached hydrogens (tertiary/aromatic N) is 6. The van der Waals surface area contributed by atoms with Crippen molar-refractivity contribution in [1.29, 1.82) is 0 Å². The van der Waals surface area contributed by atoms with Crippen molar-refractivity contribution in [3.05, 3.63) is 83.0 Å². The zero-order valence-corrected chi connectivity index (χ0v) is 26.3. The number of hydrogen-bond donors (Lipinski definition) is 0. The second-order valence-electron chi connectivity index (χ2n) is 11.2. The van der Waals surface area contributed by atoms with Crippen LogP contribution in [0.15, 0.2) is 72.4 Å². The summed E-state index contributed by atoms with van der Waals surface area (Å²) in [6, 6.07) is 11.2. The SMILES string of the molecule is CC(C)OC(=O)[C@@H]1CCN1S(=O)(=O)c1cnc2n1[C@](C)(Cc1ccc(-c3cncnc3)cc1)C(=O)N2c1cc(Cl)cc(Cl)c1. The largest absolute Gasteiger partial charge is 0.462 e. The molecule has 11 nitrogen and oxygen atoms in total. The molecule has 0 bridgehead atoms. The highest BCUT2D eigenvalue weighted by Gasteiger charge is 2.54. The van der Waals surface area contributed by atoms with E-state index < -0.39 is 39.6 Å². The maximum Gasteiger partial charge on any atom is 0.324 e. The van der Waals surface area contributed by atoms with E-state index >= 15 is 0 Å². The van der Waals surface area contributed by atoms with E-state index in [2.05, 4.69) is 15.0 Å². The van der Waals surface area contributed by atoms with Gasteiger partial charge in [0.25, 0.3) is 15.9 Å². The van der Waals surface area contributed by atoms with Gasteiger partial charge in [-0.1, -0.05) is 47.5 Å². The predicted molar refractivity (Wildman–Crippen MR) is 164 cm³/mol. The zero-order chi connectivity index (χ0) is 31.4. The van der Waals surface area contributed by atoms with Crippen molar-refractivity contribution in [3.8, 4) is 11.1 Å². The molecule has 44 heavy (non-hydrogen) atoms. The summed E-state index contributed by atoms with van der Waals surface area (Å²) in [5.74, 6) is -0.946. The Hall–Kier alpha value is -3.84. The van der Waals surface area contributed by atoms with Gasteiger partial charge >= 0.3 is 5.97 Å². The minimum absolute atomic E-state index is 0.0919. The monoisotopic (exact) mass is 654 g/mol. The van der Waals surface area contributed by atoms with Gasteiger partial charge in [0.05, 0.1) is 18.0 Å². The van der Waals surface area contributed by atoms with Gasteiger partial charge in [-0.05, 0) is 56.5 Å². The molecule has 1 saturated heterocycles. The maximum absolute atomic E-state index is 14.4. The van der Waals surface area contributed by atoms with E-state index in [4.69, 9.17) is 27.9 Å². The molecule has 4 aromatic rings. The van der Waals surface area contributed by atoms with Crippen molar-refractivity contribution in [2.75, 3.05) is 11.4 Å². The van der Waals surface area contributed by atoms with E-state index in [9.17, 15) is 18.0 Å². The highest BCUT2D eigenvalue weighted by atomic mass is 35.5. The van der Waals surface area contributed by atoms with Gasteiger partial charge in [0, 0.05) is 41.0 Å². The number of carbonyl (C=O) groups is 2. The van der Waals surface area contributed by atoms with Gasteiger partial charge < -0.3 is 4.74 Å². The van der Waals surface area contributed by atoms with Crippen LogP contribution >= 0.6 is 23.2 Å². The molecule has 4 heterocycles. The number of fused-ring (bicyclic) bond motifs is 1. The number of sulfonamides is 1. The van der Waals surface area contributed by atoms with Crippen molar-refractivity contribution < 1.29 is 22.7 Å². The lowest BCUT2D eigenvalue weighted by molar-refractivity contribution is -0.155. The van der Waals surface area contributed by atoms with Gasteiger partial charge in [0.15, 0.2) is 5.03 Å². The van der Waals surface area contributed by atoms with E-state index in [0.717, 1.165) is 21.0 Å². The normalized spacial score (nSPS) is 20.1. The number of halogens is 2. The van der Waals surface area contributed by atoms with Crippen molar-refractivity contribution in [3.63, 3.8) is 0 Å². The fraction of sp³-hybridized carbons (Fsp3) is 0.300. The molecule has 2 aromatic carbocycles. The van der Waals surface area contributed by atoms with Gasteiger partial charge in [0.1, 0.15) is 17.9 Å². The fourth-order valence-corrected chi connectivity index (χ4v) is 7.92. The summed E-state index contributed by atoms with van der Waals surface area (Å²) in [5, 5.41) is 0.388. The minimum atomic E-state index is -4.28. The van der Waals surface area contributed by atoms with Gasteiger partial charge in [-0.15, -0.1) is 0 Å². The first-order chi connectivity index (χ1) is 20.9. The number of ether oxygens (including phenoxy) is 1. The van der Waals surface area contributed by atoms with Gasteiger partial charge in [0.2, 0.25) is 5.95 Å². The van der Waals surface area contributed by atoms with Crippen LogP contribution in [0.2, 0.25) is 10.0 Å². The van der Waals surface area contributed by atoms with Crippen LogP contribution in [0.4, 0.5) is 11.6 Å². The smallest absolute Gasteiger partial charge is 0.324 e. The van der Waals surface area contributed by atoms with Crippen molar-refractivity contribution in [2.45, 2.75) is 56.3 Å². The number of imidazole rings is 1. The highest BCUT2D eigenvalue weighted by Crippen LogP contribution is 2.45. The molecule has 2 atom stereocenters. The van der Waals surface area contributed by atoms with Crippen molar-refractivity contribution in [1.82, 2.24) is 23.8 Å². The molecule has 2 aliphatic heterocycles. The topological polar surface area (TPSA) is 128 Å². The van der Waals surface area contributed by atoms with Gasteiger partial charge in [-0.25, -0.2) is 28.3 Å². The number of rotatable bonds is 8. The Kier molecular flexibility index (Phi) is 7.73. The van der Waals surface area contributed by atoms with Crippen LogP contribution in [0.25, 0.3) is 11.1 Å². The van der Waals surface area contributed by atoms with E-state index in [1.165, 1.54) is 28.1 Å². The number of carbonyl (C=O) groups excluding carboxylic acids is 2. The second-order valence-corrected chi connectivity index (χ2v) is 13.9. The summed E-state index contributed by atoms with van der Waals surface area (Å²) in [4.78, 5) is 41.0. The third kappa shape index (κ3) is 5.15. The number of anilines is 2. The molecule has 0 saturated carbocycles. The third-order valence-electron chi connectivity index (χ3n) is 7.74. The van der Waals surface area contributed by atoms with E-state index in [1.807, 2.05) is 24.3 Å². The Morgan fingerprint density at radius 3 is 2.30 bits per heavy atom. The number of benzene rings is 2. The number of amides is 1. The van der Waals surface area contributed by atoms with Crippen LogP contribution in [-0.2, 0) is 36.3 Å². The summed E-state index contributed by atoms with van der Waals surface area (Å²) < 4.78 is 36.1. The molecule has 2 aliphatic rings. The Balaban J connectivity index is 1.43. The predicted octanol–water partition coefficient (Wildman–Crippen LogP) is 5.00.